The van der Waals surface area contributed by atoms with Crippen LogP contribution < -0.4 is 4.90 Å². The first-order chi connectivity index (χ1) is 17.0. The first-order valence-electron chi connectivity index (χ1n) is 11.8. The summed E-state index contributed by atoms with van der Waals surface area (Å²) in [6, 6.07) is 9.67. The molecule has 3 aromatic rings. The van der Waals surface area contributed by atoms with Gasteiger partial charge in [-0.25, -0.2) is 17.7 Å². The molecule has 2 fully saturated rings. The van der Waals surface area contributed by atoms with Crippen LogP contribution in [0.2, 0.25) is 0 Å². The number of hydrogen-bond acceptors (Lipinski definition) is 10. The van der Waals surface area contributed by atoms with E-state index in [0.717, 1.165) is 31.4 Å². The third kappa shape index (κ3) is 4.80. The van der Waals surface area contributed by atoms with Crippen molar-refractivity contribution in [2.75, 3.05) is 25.0 Å². The monoisotopic (exact) mass is 496 g/mol. The minimum absolute atomic E-state index is 0.0171. The molecule has 0 bridgehead atoms. The molecular weight excluding hydrogens is 468 g/mol. The highest BCUT2D eigenvalue weighted by atomic mass is 32.2. The molecule has 0 unspecified atom stereocenters. The zero-order valence-corrected chi connectivity index (χ0v) is 20.4. The minimum atomic E-state index is -3.23. The van der Waals surface area contributed by atoms with Gasteiger partial charge in [0.1, 0.15) is 0 Å². The van der Waals surface area contributed by atoms with E-state index in [0.29, 0.717) is 37.8 Å². The molecule has 2 aromatic heterocycles. The smallest absolute Gasteiger partial charge is 0.254 e. The Balaban J connectivity index is 1.32. The van der Waals surface area contributed by atoms with Gasteiger partial charge in [0, 0.05) is 31.7 Å². The van der Waals surface area contributed by atoms with Gasteiger partial charge in [-0.1, -0.05) is 36.2 Å². The molecule has 0 N–H and O–H groups in total. The van der Waals surface area contributed by atoms with Crippen molar-refractivity contribution >= 4 is 34.3 Å². The van der Waals surface area contributed by atoms with Crippen molar-refractivity contribution < 1.29 is 12.9 Å². The van der Waals surface area contributed by atoms with Gasteiger partial charge in [0.05, 0.1) is 5.25 Å². The van der Waals surface area contributed by atoms with Crippen LogP contribution in [-0.4, -0.2) is 69.9 Å². The molecule has 1 saturated heterocycles. The second-order valence-corrected chi connectivity index (χ2v) is 11.1. The molecule has 184 valence electrons. The Bertz CT molecular complexity index is 1280. The molecule has 11 nitrogen and oxygen atoms in total. The lowest BCUT2D eigenvalue weighted by Crippen LogP contribution is -2.42. The van der Waals surface area contributed by atoms with Gasteiger partial charge < -0.3 is 9.42 Å². The summed E-state index contributed by atoms with van der Waals surface area (Å²) in [7, 11) is -1.39. The number of benzene rings is 1. The average molecular weight is 497 g/mol. The number of nitrogens with zero attached hydrogens (tertiary/aromatic N) is 8. The summed E-state index contributed by atoms with van der Waals surface area (Å²) in [4.78, 5) is 23.4. The molecule has 1 aromatic carbocycles. The maximum Gasteiger partial charge on any atom is 0.254 e. The lowest BCUT2D eigenvalue weighted by atomic mass is 9.98. The van der Waals surface area contributed by atoms with E-state index in [9.17, 15) is 8.42 Å². The largest absolute Gasteiger partial charge is 0.339 e. The van der Waals surface area contributed by atoms with Crippen LogP contribution in [-0.2, 0) is 10.0 Å². The molecule has 0 spiro atoms. The topological polar surface area (TPSA) is 131 Å². The summed E-state index contributed by atoms with van der Waals surface area (Å²) in [6.45, 7) is 4.46. The number of aromatic nitrogens is 5. The molecule has 12 heteroatoms. The molecule has 0 atom stereocenters. The Morgan fingerprint density at radius 2 is 1.71 bits per heavy atom. The molecule has 0 amide bonds. The fourth-order valence-electron chi connectivity index (χ4n) is 4.69. The van der Waals surface area contributed by atoms with Crippen LogP contribution in [0.4, 0.5) is 17.6 Å². The van der Waals surface area contributed by atoms with E-state index in [-0.39, 0.29) is 28.8 Å². The predicted molar refractivity (Wildman–Crippen MR) is 132 cm³/mol. The number of aliphatic imine (C=N–C) groups is 1. The number of piperidine rings is 1. The molecule has 1 aliphatic carbocycles. The van der Waals surface area contributed by atoms with E-state index in [1.54, 1.807) is 9.21 Å². The number of sulfonamides is 1. The lowest BCUT2D eigenvalue weighted by molar-refractivity contribution is 0.269. The Kier molecular flexibility index (Phi) is 6.56. The van der Waals surface area contributed by atoms with Crippen molar-refractivity contribution in [1.29, 1.82) is 0 Å². The van der Waals surface area contributed by atoms with Crippen LogP contribution in [0.25, 0.3) is 11.6 Å². The van der Waals surface area contributed by atoms with Gasteiger partial charge in [-0.3, -0.25) is 0 Å². The van der Waals surface area contributed by atoms with Gasteiger partial charge in [-0.15, -0.1) is 0 Å². The highest BCUT2D eigenvalue weighted by molar-refractivity contribution is 7.89. The van der Waals surface area contributed by atoms with E-state index in [4.69, 9.17) is 4.52 Å². The van der Waals surface area contributed by atoms with Gasteiger partial charge in [-0.2, -0.15) is 19.9 Å². The Morgan fingerprint density at radius 1 is 1.00 bits per heavy atom. The van der Waals surface area contributed by atoms with Crippen LogP contribution in [0.3, 0.4) is 0 Å². The molecule has 0 radical (unpaired) electrons. The van der Waals surface area contributed by atoms with Gasteiger partial charge in [-0.05, 0) is 44.5 Å². The fraction of sp³-hybridized carbons (Fsp3) is 0.478. The van der Waals surface area contributed by atoms with Crippen LogP contribution in [0.1, 0.15) is 50.3 Å². The van der Waals surface area contributed by atoms with Crippen molar-refractivity contribution in [3.8, 4) is 11.6 Å². The quantitative estimate of drug-likeness (QED) is 0.451. The minimum Gasteiger partial charge on any atom is -0.339 e. The number of para-hydroxylation sites is 1. The van der Waals surface area contributed by atoms with Crippen LogP contribution in [0, 0.1) is 0 Å². The molecule has 1 aliphatic heterocycles. The molecule has 1 saturated carbocycles. The number of rotatable bonds is 7. The molecule has 3 heterocycles. The molecular formula is C23H28N8O3S. The highest BCUT2D eigenvalue weighted by Gasteiger charge is 2.37. The van der Waals surface area contributed by atoms with Crippen LogP contribution >= 0.6 is 0 Å². The predicted octanol–water partition coefficient (Wildman–Crippen LogP) is 3.47. The molecule has 2 aliphatic rings. The van der Waals surface area contributed by atoms with Crippen molar-refractivity contribution in [2.24, 2.45) is 4.99 Å². The summed E-state index contributed by atoms with van der Waals surface area (Å²) in [6.07, 6.45) is 4.79. The van der Waals surface area contributed by atoms with Crippen molar-refractivity contribution in [3.05, 3.63) is 36.2 Å². The maximum absolute atomic E-state index is 12.9. The third-order valence-corrected chi connectivity index (χ3v) is 9.12. The van der Waals surface area contributed by atoms with Crippen molar-refractivity contribution in [1.82, 2.24) is 29.4 Å². The summed E-state index contributed by atoms with van der Waals surface area (Å²) in [5.74, 6) is 1.44. The number of anilines is 2. The molecule has 5 rings (SSSR count). The average Bonchev–Trinajstić information content (AvgIpc) is 3.62. The second kappa shape index (κ2) is 9.78. The van der Waals surface area contributed by atoms with Crippen LogP contribution in [0.15, 0.2) is 39.8 Å². The first-order valence-corrected chi connectivity index (χ1v) is 13.3. The van der Waals surface area contributed by atoms with E-state index in [1.807, 2.05) is 37.4 Å². The normalized spacial score (nSPS) is 18.1. The number of hydrogen-bond donors (Lipinski definition) is 0. The van der Waals surface area contributed by atoms with E-state index >= 15 is 0 Å². The summed E-state index contributed by atoms with van der Waals surface area (Å²) in [5.41, 5.74) is 0.896. The summed E-state index contributed by atoms with van der Waals surface area (Å²) in [5, 5.41) is 3.86. The Hall–Kier alpha value is -3.25. The Morgan fingerprint density at radius 3 is 2.40 bits per heavy atom. The SMILES string of the molecule is C=Nc1nc(-c2noc(C3CCN(S(=O)(=O)C4CCCC4)CC3)n2)nc(N(C)c2ccccc2)n1. The summed E-state index contributed by atoms with van der Waals surface area (Å²) >= 11 is 0. The fourth-order valence-corrected chi connectivity index (χ4v) is 6.76. The third-order valence-electron chi connectivity index (χ3n) is 6.72. The summed E-state index contributed by atoms with van der Waals surface area (Å²) < 4.78 is 33.0. The zero-order valence-electron chi connectivity index (χ0n) is 19.6. The van der Waals surface area contributed by atoms with E-state index in [1.165, 1.54) is 0 Å². The maximum atomic E-state index is 12.9. The van der Waals surface area contributed by atoms with Crippen molar-refractivity contribution in [2.45, 2.75) is 49.7 Å². The molecule has 35 heavy (non-hydrogen) atoms. The van der Waals surface area contributed by atoms with Gasteiger partial charge in [0.15, 0.2) is 0 Å². The zero-order chi connectivity index (χ0) is 24.4. The van der Waals surface area contributed by atoms with Crippen LogP contribution in [0.5, 0.6) is 0 Å². The van der Waals surface area contributed by atoms with Gasteiger partial charge in [0.2, 0.25) is 33.5 Å². The van der Waals surface area contributed by atoms with E-state index in [2.05, 4.69) is 36.8 Å². The van der Waals surface area contributed by atoms with Gasteiger partial charge in [0.25, 0.3) is 5.95 Å². The van der Waals surface area contributed by atoms with Gasteiger partial charge >= 0.3 is 0 Å². The standard InChI is InChI=1S/C23H28N8O3S/c1-24-22-26-19(27-23(28-22)30(2)17-8-4-3-5-9-17)20-25-21(34-29-20)16-12-14-31(15-13-16)35(32,33)18-10-6-7-11-18/h3-5,8-9,16,18H,1,6-7,10-15H2,2H3. The highest BCUT2D eigenvalue weighted by Crippen LogP contribution is 2.33. The van der Waals surface area contributed by atoms with E-state index < -0.39 is 10.0 Å². The first kappa shape index (κ1) is 23.5. The second-order valence-electron chi connectivity index (χ2n) is 8.89. The lowest BCUT2D eigenvalue weighted by Gasteiger charge is -2.31. The Labute approximate surface area is 204 Å². The van der Waals surface area contributed by atoms with Crippen molar-refractivity contribution in [3.63, 3.8) is 0 Å².